The zero-order chi connectivity index (χ0) is 23.2. The molecule has 0 radical (unpaired) electrons. The van der Waals surface area contributed by atoms with Crippen molar-refractivity contribution < 1.29 is 8.42 Å². The number of aromatic nitrogens is 5. The smallest absolute Gasteiger partial charge is 0.247 e. The fraction of sp³-hybridized carbons (Fsp3) is 0.227. The second kappa shape index (κ2) is 7.61. The van der Waals surface area contributed by atoms with Gasteiger partial charge in [-0.1, -0.05) is 0 Å². The van der Waals surface area contributed by atoms with Crippen molar-refractivity contribution in [1.82, 2.24) is 29.0 Å². The second-order valence-electron chi connectivity index (χ2n) is 8.10. The SMILES string of the molecule is CS(=O)(=O)N1CC(CC#N)(n2ccc(-c3nc(-c4ccc(=O)[nH]c4)cc4ncccc34)n2)C1. The Morgan fingerprint density at radius 2 is 2.03 bits per heavy atom. The summed E-state index contributed by atoms with van der Waals surface area (Å²) in [7, 11) is -3.34. The van der Waals surface area contributed by atoms with E-state index in [1.54, 1.807) is 35.4 Å². The van der Waals surface area contributed by atoms with Gasteiger partial charge in [-0.3, -0.25) is 14.5 Å². The van der Waals surface area contributed by atoms with Crippen LogP contribution in [0.3, 0.4) is 0 Å². The van der Waals surface area contributed by atoms with Crippen LogP contribution in [0.4, 0.5) is 0 Å². The molecule has 4 aromatic rings. The lowest BCUT2D eigenvalue weighted by atomic mass is 9.89. The van der Waals surface area contributed by atoms with Crippen LogP contribution in [0.15, 0.2) is 59.8 Å². The Balaban J connectivity index is 1.60. The van der Waals surface area contributed by atoms with Crippen molar-refractivity contribution in [3.05, 3.63) is 65.3 Å². The number of aromatic amines is 1. The molecule has 0 spiro atoms. The number of fused-ring (bicyclic) bond motifs is 1. The van der Waals surface area contributed by atoms with E-state index in [0.717, 1.165) is 22.7 Å². The molecule has 33 heavy (non-hydrogen) atoms. The van der Waals surface area contributed by atoms with E-state index in [1.165, 1.54) is 10.4 Å². The summed E-state index contributed by atoms with van der Waals surface area (Å²) in [6.07, 6.45) is 6.33. The van der Waals surface area contributed by atoms with Crippen LogP contribution in [0.25, 0.3) is 33.5 Å². The number of pyridine rings is 3. The van der Waals surface area contributed by atoms with Crippen LogP contribution < -0.4 is 5.56 Å². The van der Waals surface area contributed by atoms with Gasteiger partial charge < -0.3 is 4.98 Å². The highest BCUT2D eigenvalue weighted by Gasteiger charge is 2.49. The van der Waals surface area contributed by atoms with Gasteiger partial charge in [-0.15, -0.1) is 0 Å². The van der Waals surface area contributed by atoms with E-state index in [1.807, 2.05) is 18.2 Å². The summed E-state index contributed by atoms with van der Waals surface area (Å²) in [5.41, 5.74) is 2.33. The Labute approximate surface area is 189 Å². The molecule has 1 saturated heterocycles. The zero-order valence-corrected chi connectivity index (χ0v) is 18.5. The van der Waals surface area contributed by atoms with Gasteiger partial charge in [-0.05, 0) is 30.3 Å². The van der Waals surface area contributed by atoms with Gasteiger partial charge in [0.15, 0.2) is 0 Å². The van der Waals surface area contributed by atoms with Gasteiger partial charge in [0.25, 0.3) is 0 Å². The molecular formula is C22H19N7O3S. The number of nitrogens with one attached hydrogen (secondary N) is 1. The summed E-state index contributed by atoms with van der Waals surface area (Å²) in [5, 5.41) is 14.9. The summed E-state index contributed by atoms with van der Waals surface area (Å²) < 4.78 is 26.8. The van der Waals surface area contributed by atoms with Crippen LogP contribution in [-0.4, -0.2) is 56.8 Å². The molecule has 11 heteroatoms. The Morgan fingerprint density at radius 3 is 2.73 bits per heavy atom. The number of nitrogens with zero attached hydrogens (tertiary/aromatic N) is 6. The number of sulfonamides is 1. The molecule has 1 aliphatic rings. The monoisotopic (exact) mass is 461 g/mol. The summed E-state index contributed by atoms with van der Waals surface area (Å²) in [4.78, 5) is 23.4. The van der Waals surface area contributed by atoms with Crippen molar-refractivity contribution in [1.29, 1.82) is 5.26 Å². The Bertz CT molecular complexity index is 1560. The van der Waals surface area contributed by atoms with Gasteiger partial charge in [0.1, 0.15) is 16.9 Å². The first-order valence-corrected chi connectivity index (χ1v) is 12.0. The normalized spacial score (nSPS) is 15.8. The van der Waals surface area contributed by atoms with E-state index < -0.39 is 15.6 Å². The minimum Gasteiger partial charge on any atom is -0.328 e. The first-order chi connectivity index (χ1) is 15.8. The molecule has 1 aliphatic heterocycles. The molecule has 0 bridgehead atoms. The molecule has 0 aromatic carbocycles. The molecule has 166 valence electrons. The summed E-state index contributed by atoms with van der Waals surface area (Å²) in [6.45, 7) is 0.376. The van der Waals surface area contributed by atoms with Crippen molar-refractivity contribution in [2.45, 2.75) is 12.0 Å². The van der Waals surface area contributed by atoms with Gasteiger partial charge in [-0.2, -0.15) is 14.7 Å². The highest BCUT2D eigenvalue weighted by atomic mass is 32.2. The average Bonchev–Trinajstić information content (AvgIpc) is 3.25. The lowest BCUT2D eigenvalue weighted by molar-refractivity contribution is 0.0726. The molecule has 0 atom stereocenters. The summed E-state index contributed by atoms with van der Waals surface area (Å²) >= 11 is 0. The highest BCUT2D eigenvalue weighted by molar-refractivity contribution is 7.88. The molecule has 5 rings (SSSR count). The molecule has 5 heterocycles. The third kappa shape index (κ3) is 3.69. The van der Waals surface area contributed by atoms with E-state index in [0.29, 0.717) is 17.1 Å². The maximum Gasteiger partial charge on any atom is 0.247 e. The van der Waals surface area contributed by atoms with Crippen LogP contribution in [0, 0.1) is 11.3 Å². The van der Waals surface area contributed by atoms with Crippen molar-refractivity contribution in [3.63, 3.8) is 0 Å². The molecule has 0 saturated carbocycles. The molecule has 4 aromatic heterocycles. The lowest BCUT2D eigenvalue weighted by Gasteiger charge is -2.47. The molecule has 1 N–H and O–H groups in total. The number of H-pyrrole nitrogens is 1. The highest BCUT2D eigenvalue weighted by Crippen LogP contribution is 2.35. The molecular weight excluding hydrogens is 442 g/mol. The Kier molecular flexibility index (Phi) is 4.84. The van der Waals surface area contributed by atoms with Crippen molar-refractivity contribution >= 4 is 20.9 Å². The number of hydrogen-bond acceptors (Lipinski definition) is 7. The van der Waals surface area contributed by atoms with E-state index in [2.05, 4.69) is 16.0 Å². The Morgan fingerprint density at radius 1 is 1.21 bits per heavy atom. The van der Waals surface area contributed by atoms with Gasteiger partial charge in [0.2, 0.25) is 15.6 Å². The maximum atomic E-state index is 11.9. The summed E-state index contributed by atoms with van der Waals surface area (Å²) in [5.74, 6) is 0. The summed E-state index contributed by atoms with van der Waals surface area (Å²) in [6, 6.07) is 12.6. The van der Waals surface area contributed by atoms with Gasteiger partial charge in [0, 0.05) is 48.7 Å². The minimum absolute atomic E-state index is 0.132. The standard InChI is InChI=1S/C22H19N7O3S/c1-33(31,32)28-13-22(14-28,7-8-23)29-10-6-17(27-29)21-16-3-2-9-24-19(16)11-18(26-21)15-4-5-20(30)25-12-15/h2-6,9-12H,7,13-14H2,1H3,(H,25,30). The average molecular weight is 462 g/mol. The molecule has 10 nitrogen and oxygen atoms in total. The van der Waals surface area contributed by atoms with E-state index in [-0.39, 0.29) is 25.1 Å². The minimum atomic E-state index is -3.34. The molecule has 0 aliphatic carbocycles. The van der Waals surface area contributed by atoms with Crippen LogP contribution in [0.2, 0.25) is 0 Å². The fourth-order valence-corrected chi connectivity index (χ4v) is 4.98. The lowest BCUT2D eigenvalue weighted by Crippen LogP contribution is -2.63. The zero-order valence-electron chi connectivity index (χ0n) is 17.6. The third-order valence-electron chi connectivity index (χ3n) is 5.82. The number of rotatable bonds is 5. The van der Waals surface area contributed by atoms with Gasteiger partial charge in [0.05, 0.1) is 30.0 Å². The predicted molar refractivity (Wildman–Crippen MR) is 121 cm³/mol. The van der Waals surface area contributed by atoms with Crippen LogP contribution >= 0.6 is 0 Å². The van der Waals surface area contributed by atoms with Crippen molar-refractivity contribution in [2.24, 2.45) is 0 Å². The van der Waals surface area contributed by atoms with E-state index in [4.69, 9.17) is 10.1 Å². The van der Waals surface area contributed by atoms with Crippen LogP contribution in [0.5, 0.6) is 0 Å². The van der Waals surface area contributed by atoms with Crippen LogP contribution in [0.1, 0.15) is 6.42 Å². The molecule has 0 unspecified atom stereocenters. The third-order valence-corrected chi connectivity index (χ3v) is 7.01. The fourth-order valence-electron chi connectivity index (χ4n) is 4.03. The number of hydrogen-bond donors (Lipinski definition) is 1. The van der Waals surface area contributed by atoms with Gasteiger partial charge in [-0.25, -0.2) is 13.4 Å². The van der Waals surface area contributed by atoms with E-state index >= 15 is 0 Å². The Hall–Kier alpha value is -3.88. The first kappa shape index (κ1) is 21.0. The second-order valence-corrected chi connectivity index (χ2v) is 10.1. The van der Waals surface area contributed by atoms with Crippen LogP contribution in [-0.2, 0) is 15.6 Å². The van der Waals surface area contributed by atoms with Gasteiger partial charge >= 0.3 is 0 Å². The quantitative estimate of drug-likeness (QED) is 0.478. The van der Waals surface area contributed by atoms with Crippen molar-refractivity contribution in [3.8, 4) is 28.7 Å². The predicted octanol–water partition coefficient (Wildman–Crippen LogP) is 1.73. The molecule has 0 amide bonds. The van der Waals surface area contributed by atoms with E-state index in [9.17, 15) is 18.5 Å². The molecule has 1 fully saturated rings. The first-order valence-electron chi connectivity index (χ1n) is 10.1. The number of nitriles is 1. The topological polar surface area (TPSA) is 138 Å². The maximum absolute atomic E-state index is 11.9. The largest absolute Gasteiger partial charge is 0.328 e. The van der Waals surface area contributed by atoms with Crippen molar-refractivity contribution in [2.75, 3.05) is 19.3 Å².